The van der Waals surface area contributed by atoms with Gasteiger partial charge in [-0.25, -0.2) is 8.42 Å². The fourth-order valence-corrected chi connectivity index (χ4v) is 6.81. The Morgan fingerprint density at radius 3 is 2.18 bits per heavy atom. The van der Waals surface area contributed by atoms with Crippen LogP contribution >= 0.6 is 34.8 Å². The molecule has 11 heteroatoms. The molecule has 236 valence electrons. The molecule has 0 fully saturated rings. The molecule has 1 unspecified atom stereocenters. The summed E-state index contributed by atoms with van der Waals surface area (Å²) in [5, 5.41) is 3.64. The number of rotatable bonds is 13. The maximum absolute atomic E-state index is 14.5. The van der Waals surface area contributed by atoms with Gasteiger partial charge in [0.15, 0.2) is 0 Å². The van der Waals surface area contributed by atoms with Gasteiger partial charge in [0.25, 0.3) is 10.0 Å². The monoisotopic (exact) mass is 685 g/mol. The van der Waals surface area contributed by atoms with E-state index >= 15 is 0 Å². The topological polar surface area (TPSA) is 86.8 Å². The number of sulfonamides is 1. The lowest BCUT2D eigenvalue weighted by Crippen LogP contribution is -2.53. The van der Waals surface area contributed by atoms with E-state index < -0.39 is 28.5 Å². The lowest BCUT2D eigenvalue weighted by atomic mass is 10.0. The third-order valence-electron chi connectivity index (χ3n) is 7.18. The third kappa shape index (κ3) is 8.79. The molecular formula is C34H34Cl3N3O4S. The Kier molecular flexibility index (Phi) is 11.9. The van der Waals surface area contributed by atoms with E-state index in [1.165, 1.54) is 35.2 Å². The van der Waals surface area contributed by atoms with Crippen LogP contribution < -0.4 is 9.62 Å². The van der Waals surface area contributed by atoms with Crippen molar-refractivity contribution in [2.24, 2.45) is 0 Å². The van der Waals surface area contributed by atoms with Gasteiger partial charge >= 0.3 is 0 Å². The van der Waals surface area contributed by atoms with Crippen LogP contribution in [0.3, 0.4) is 0 Å². The molecule has 0 aromatic heterocycles. The average Bonchev–Trinajstić information content (AvgIpc) is 3.03. The number of nitrogens with zero attached hydrogens (tertiary/aromatic N) is 2. The maximum atomic E-state index is 14.5. The molecule has 0 bridgehead atoms. The zero-order valence-corrected chi connectivity index (χ0v) is 28.0. The number of nitrogens with one attached hydrogen (secondary N) is 1. The maximum Gasteiger partial charge on any atom is 0.264 e. The number of hydrogen-bond acceptors (Lipinski definition) is 4. The lowest BCUT2D eigenvalue weighted by Gasteiger charge is -2.34. The lowest BCUT2D eigenvalue weighted by molar-refractivity contribution is -0.140. The van der Waals surface area contributed by atoms with Crippen molar-refractivity contribution < 1.29 is 18.0 Å². The predicted octanol–water partition coefficient (Wildman–Crippen LogP) is 7.32. The molecule has 2 amide bonds. The van der Waals surface area contributed by atoms with E-state index in [1.807, 2.05) is 44.2 Å². The van der Waals surface area contributed by atoms with Gasteiger partial charge in [-0.3, -0.25) is 13.9 Å². The first-order valence-corrected chi connectivity index (χ1v) is 17.0. The second-order valence-corrected chi connectivity index (χ2v) is 13.6. The number of anilines is 1. The van der Waals surface area contributed by atoms with E-state index in [-0.39, 0.29) is 39.5 Å². The van der Waals surface area contributed by atoms with Crippen LogP contribution in [0.25, 0.3) is 0 Å². The molecule has 4 aromatic carbocycles. The first kappa shape index (κ1) is 34.3. The van der Waals surface area contributed by atoms with Gasteiger partial charge in [0.05, 0.1) is 15.6 Å². The highest BCUT2D eigenvalue weighted by Gasteiger charge is 2.35. The Morgan fingerprint density at radius 2 is 1.51 bits per heavy atom. The molecule has 0 aliphatic heterocycles. The fraction of sp³-hybridized carbons (Fsp3) is 0.235. The fourth-order valence-electron chi connectivity index (χ4n) is 4.76. The van der Waals surface area contributed by atoms with Crippen molar-refractivity contribution in [2.75, 3.05) is 17.4 Å². The zero-order chi connectivity index (χ0) is 32.6. The molecule has 0 radical (unpaired) electrons. The minimum Gasteiger partial charge on any atom is -0.354 e. The highest BCUT2D eigenvalue weighted by atomic mass is 35.5. The van der Waals surface area contributed by atoms with Gasteiger partial charge in [0, 0.05) is 29.6 Å². The van der Waals surface area contributed by atoms with E-state index in [9.17, 15) is 18.0 Å². The minimum atomic E-state index is -4.32. The van der Waals surface area contributed by atoms with E-state index in [0.29, 0.717) is 23.6 Å². The highest BCUT2D eigenvalue weighted by molar-refractivity contribution is 7.92. The molecule has 0 aliphatic carbocycles. The van der Waals surface area contributed by atoms with Crippen molar-refractivity contribution in [1.29, 1.82) is 0 Å². The molecule has 4 rings (SSSR count). The third-order valence-corrected chi connectivity index (χ3v) is 9.88. The van der Waals surface area contributed by atoms with Gasteiger partial charge in [-0.05, 0) is 60.9 Å². The number of hydrogen-bond donors (Lipinski definition) is 1. The standard InChI is InChI=1S/C34H34Cl3N3O4S/c1-3-19-38-34(42)32(20-25-9-5-4-6-10-25)39(22-26-11-7-8-12-29(26)36)33(41)23-40(31-21-27(35)15-18-30(31)37)45(43,44)28-16-13-24(2)14-17-28/h4-18,21,32H,3,19-20,22-23H2,1-2H3,(H,38,42). The quantitative estimate of drug-likeness (QED) is 0.160. The van der Waals surface area contributed by atoms with Gasteiger partial charge in [-0.15, -0.1) is 0 Å². The Balaban J connectivity index is 1.83. The Hall–Kier alpha value is -3.56. The molecule has 1 N–H and O–H groups in total. The van der Waals surface area contributed by atoms with E-state index in [1.54, 1.807) is 36.4 Å². The smallest absolute Gasteiger partial charge is 0.264 e. The SMILES string of the molecule is CCCNC(=O)C(Cc1ccccc1)N(Cc1ccccc1Cl)C(=O)CN(c1cc(Cl)ccc1Cl)S(=O)(=O)c1ccc(C)cc1. The molecular weight excluding hydrogens is 653 g/mol. The molecule has 0 heterocycles. The highest BCUT2D eigenvalue weighted by Crippen LogP contribution is 2.33. The van der Waals surface area contributed by atoms with Crippen LogP contribution in [0.4, 0.5) is 5.69 Å². The van der Waals surface area contributed by atoms with Crippen molar-refractivity contribution >= 4 is 62.3 Å². The number of carbonyl (C=O) groups is 2. The summed E-state index contributed by atoms with van der Waals surface area (Å²) in [6, 6.07) is 26.0. The van der Waals surface area contributed by atoms with Crippen LogP contribution in [0.15, 0.2) is 102 Å². The van der Waals surface area contributed by atoms with Crippen LogP contribution in [0.1, 0.15) is 30.0 Å². The zero-order valence-electron chi connectivity index (χ0n) is 24.9. The summed E-state index contributed by atoms with van der Waals surface area (Å²) in [6.45, 7) is 3.48. The summed E-state index contributed by atoms with van der Waals surface area (Å²) in [6.07, 6.45) is 0.882. The van der Waals surface area contributed by atoms with Crippen LogP contribution in [-0.2, 0) is 32.6 Å². The molecule has 0 aliphatic rings. The van der Waals surface area contributed by atoms with Gasteiger partial charge in [-0.2, -0.15) is 0 Å². The first-order valence-electron chi connectivity index (χ1n) is 14.4. The molecule has 45 heavy (non-hydrogen) atoms. The van der Waals surface area contributed by atoms with Crippen molar-refractivity contribution in [3.8, 4) is 0 Å². The van der Waals surface area contributed by atoms with Crippen molar-refractivity contribution in [2.45, 2.75) is 44.2 Å². The molecule has 0 saturated heterocycles. The van der Waals surface area contributed by atoms with E-state index in [2.05, 4.69) is 5.32 Å². The number of carbonyl (C=O) groups excluding carboxylic acids is 2. The first-order chi connectivity index (χ1) is 21.5. The van der Waals surface area contributed by atoms with Crippen molar-refractivity contribution in [3.05, 3.63) is 129 Å². The molecule has 0 saturated carbocycles. The molecule has 4 aromatic rings. The molecule has 0 spiro atoms. The van der Waals surface area contributed by atoms with Crippen molar-refractivity contribution in [1.82, 2.24) is 10.2 Å². The largest absolute Gasteiger partial charge is 0.354 e. The van der Waals surface area contributed by atoms with Crippen LogP contribution in [0, 0.1) is 6.92 Å². The number of aryl methyl sites for hydroxylation is 1. The normalized spacial score (nSPS) is 11.9. The second-order valence-electron chi connectivity index (χ2n) is 10.5. The van der Waals surface area contributed by atoms with Gasteiger partial charge in [0.2, 0.25) is 11.8 Å². The van der Waals surface area contributed by atoms with Gasteiger partial charge in [-0.1, -0.05) is 108 Å². The van der Waals surface area contributed by atoms with Crippen molar-refractivity contribution in [3.63, 3.8) is 0 Å². The summed E-state index contributed by atoms with van der Waals surface area (Å²) in [4.78, 5) is 29.6. The van der Waals surface area contributed by atoms with Crippen LogP contribution in [-0.4, -0.2) is 44.3 Å². The van der Waals surface area contributed by atoms with Crippen LogP contribution in [0.5, 0.6) is 0 Å². The van der Waals surface area contributed by atoms with E-state index in [0.717, 1.165) is 15.4 Å². The second kappa shape index (κ2) is 15.6. The van der Waals surface area contributed by atoms with Crippen LogP contribution in [0.2, 0.25) is 15.1 Å². The Morgan fingerprint density at radius 1 is 0.844 bits per heavy atom. The summed E-state index contributed by atoms with van der Waals surface area (Å²) < 4.78 is 29.3. The molecule has 1 atom stereocenters. The van der Waals surface area contributed by atoms with E-state index in [4.69, 9.17) is 34.8 Å². The summed E-state index contributed by atoms with van der Waals surface area (Å²) in [5.41, 5.74) is 2.33. The molecule has 7 nitrogen and oxygen atoms in total. The Bertz CT molecular complexity index is 1740. The van der Waals surface area contributed by atoms with Gasteiger partial charge < -0.3 is 10.2 Å². The average molecular weight is 687 g/mol. The number of benzene rings is 4. The van der Waals surface area contributed by atoms with Gasteiger partial charge in [0.1, 0.15) is 12.6 Å². The minimum absolute atomic E-state index is 0.0314. The predicted molar refractivity (Wildman–Crippen MR) is 181 cm³/mol. The number of amides is 2. The summed E-state index contributed by atoms with van der Waals surface area (Å²) in [5.74, 6) is -0.996. The number of halogens is 3. The summed E-state index contributed by atoms with van der Waals surface area (Å²) >= 11 is 19.3. The Labute approximate surface area is 279 Å². The summed E-state index contributed by atoms with van der Waals surface area (Å²) in [7, 11) is -4.32.